The van der Waals surface area contributed by atoms with Gasteiger partial charge in [-0.05, 0) is 0 Å². The molecule has 0 aromatic rings. The van der Waals surface area contributed by atoms with Crippen molar-refractivity contribution in [1.82, 2.24) is 0 Å². The third kappa shape index (κ3) is 17.0. The summed E-state index contributed by atoms with van der Waals surface area (Å²) in [4.78, 5) is 10.3. The number of hydrogen-bond donors (Lipinski definition) is 1. The van der Waals surface area contributed by atoms with Crippen molar-refractivity contribution in [1.29, 1.82) is 0 Å². The van der Waals surface area contributed by atoms with E-state index in [1.54, 1.807) is 0 Å². The number of aliphatic carboxylic acids is 1. The maximum atomic E-state index is 11.5. The molecule has 19 heavy (non-hydrogen) atoms. The van der Waals surface area contributed by atoms with Crippen molar-refractivity contribution in [2.75, 3.05) is 0 Å². The first-order valence-corrected chi connectivity index (χ1v) is 12.5. The fourth-order valence-corrected chi connectivity index (χ4v) is 2.74. The van der Waals surface area contributed by atoms with Gasteiger partial charge >= 0.3 is 108 Å². The first kappa shape index (κ1) is 18.0. The Hall–Kier alpha value is -0.952. The van der Waals surface area contributed by atoms with Crippen molar-refractivity contribution in [3.05, 3.63) is 36.5 Å². The summed E-state index contributed by atoms with van der Waals surface area (Å²) in [6, 6.07) is 0. The topological polar surface area (TPSA) is 54.4 Å². The molecule has 0 aromatic heterocycles. The molecule has 0 amide bonds. The number of carbonyl (C=O) groups is 1. The van der Waals surface area contributed by atoms with E-state index in [1.807, 2.05) is 29.7 Å². The Bertz CT molecular complexity index is 375. The first-order chi connectivity index (χ1) is 8.92. The zero-order chi connectivity index (χ0) is 14.6. The fraction of sp³-hybridized carbons (Fsp3) is 0.533. The first-order valence-electron chi connectivity index (χ1n) is 6.62. The van der Waals surface area contributed by atoms with Gasteiger partial charge in [-0.15, -0.1) is 0 Å². The van der Waals surface area contributed by atoms with E-state index in [0.717, 1.165) is 24.5 Å². The van der Waals surface area contributed by atoms with Crippen molar-refractivity contribution in [3.63, 3.8) is 0 Å². The van der Waals surface area contributed by atoms with Crippen LogP contribution in [0.5, 0.6) is 0 Å². The second-order valence-corrected chi connectivity index (χ2v) is 12.3. The van der Waals surface area contributed by atoms with Crippen molar-refractivity contribution in [3.8, 4) is 0 Å². The summed E-state index contributed by atoms with van der Waals surface area (Å²) >= 11 is -2.48. The molecule has 0 aromatic carbocycles. The smallest absolute Gasteiger partial charge is 0.481 e. The molecule has 0 bridgehead atoms. The molecule has 0 heterocycles. The summed E-state index contributed by atoms with van der Waals surface area (Å²) in [5.41, 5.74) is 3.71. The van der Waals surface area contributed by atoms with E-state index in [9.17, 15) is 8.53 Å². The van der Waals surface area contributed by atoms with E-state index in [0.29, 0.717) is 6.42 Å². The van der Waals surface area contributed by atoms with E-state index in [2.05, 4.69) is 18.2 Å². The van der Waals surface area contributed by atoms with Gasteiger partial charge in [0.2, 0.25) is 0 Å². The van der Waals surface area contributed by atoms with Crippen molar-refractivity contribution < 1.29 is 13.6 Å². The van der Waals surface area contributed by atoms with Gasteiger partial charge in [0.25, 0.3) is 0 Å². The Labute approximate surface area is 118 Å². The Balaban J connectivity index is 3.51. The third-order valence-electron chi connectivity index (χ3n) is 2.35. The van der Waals surface area contributed by atoms with Crippen LogP contribution in [0.1, 0.15) is 32.1 Å². The second kappa shape index (κ2) is 10.9. The van der Waals surface area contributed by atoms with Gasteiger partial charge in [0.05, 0.1) is 0 Å². The summed E-state index contributed by atoms with van der Waals surface area (Å²) in [5.74, 6) is -0.731. The van der Waals surface area contributed by atoms with Gasteiger partial charge in [0, 0.05) is 0 Å². The van der Waals surface area contributed by atoms with Crippen LogP contribution >= 0.6 is 0 Å². The quantitative estimate of drug-likeness (QED) is 0.369. The van der Waals surface area contributed by atoms with Crippen LogP contribution in [0.3, 0.4) is 0 Å². The fourth-order valence-electron chi connectivity index (χ4n) is 1.36. The molecule has 108 valence electrons. The molecule has 0 atom stereocenters. The summed E-state index contributed by atoms with van der Waals surface area (Å²) < 4.78 is 11.5. The van der Waals surface area contributed by atoms with E-state index in [4.69, 9.17) is 5.11 Å². The van der Waals surface area contributed by atoms with Crippen molar-refractivity contribution in [2.24, 2.45) is 0 Å². The predicted molar refractivity (Wildman–Crippen MR) is 81.1 cm³/mol. The van der Waals surface area contributed by atoms with Crippen LogP contribution in [0.25, 0.3) is 0 Å². The molecular formula is C15H25AsO3. The summed E-state index contributed by atoms with van der Waals surface area (Å²) in [7, 11) is 0. The SMILES string of the molecule is C[As](C)(=O)C/C=C\C/C=C\C/C=C\CCCC(=O)O. The molecule has 0 spiro atoms. The average Bonchev–Trinajstić information content (AvgIpc) is 2.28. The zero-order valence-corrected chi connectivity index (χ0v) is 13.8. The van der Waals surface area contributed by atoms with Crippen LogP contribution in [0.15, 0.2) is 36.5 Å². The molecule has 1 N–H and O–H groups in total. The minimum absolute atomic E-state index is 0.241. The van der Waals surface area contributed by atoms with Crippen LogP contribution in [-0.2, 0) is 8.53 Å². The van der Waals surface area contributed by atoms with E-state index in [-0.39, 0.29) is 6.42 Å². The number of carboxylic acid groups (broad SMARTS) is 1. The minimum atomic E-state index is -2.48. The molecule has 0 saturated heterocycles. The summed E-state index contributed by atoms with van der Waals surface area (Å²) in [6.45, 7) is 0. The van der Waals surface area contributed by atoms with Crippen LogP contribution in [0.4, 0.5) is 0 Å². The minimum Gasteiger partial charge on any atom is -0.481 e. The average molecular weight is 328 g/mol. The van der Waals surface area contributed by atoms with E-state index < -0.39 is 19.5 Å². The molecule has 4 heteroatoms. The molecule has 0 radical (unpaired) electrons. The molecule has 0 unspecified atom stereocenters. The Kier molecular flexibility index (Phi) is 10.4. The van der Waals surface area contributed by atoms with Gasteiger partial charge in [-0.3, -0.25) is 4.79 Å². The van der Waals surface area contributed by atoms with E-state index in [1.165, 1.54) is 0 Å². The Morgan fingerprint density at radius 2 is 1.53 bits per heavy atom. The number of hydrogen-bond acceptors (Lipinski definition) is 2. The van der Waals surface area contributed by atoms with Crippen LogP contribution in [-0.4, -0.2) is 24.6 Å². The van der Waals surface area contributed by atoms with Gasteiger partial charge < -0.3 is 5.11 Å². The molecule has 0 aliphatic heterocycles. The van der Waals surface area contributed by atoms with Gasteiger partial charge in [-0.1, -0.05) is 0 Å². The Morgan fingerprint density at radius 3 is 2.05 bits per heavy atom. The molecule has 3 nitrogen and oxygen atoms in total. The number of carboxylic acids is 1. The third-order valence-corrected chi connectivity index (χ3v) is 4.64. The summed E-state index contributed by atoms with van der Waals surface area (Å²) in [5, 5.41) is 9.18. The molecule has 0 rings (SSSR count). The molecule has 0 aliphatic rings. The molecule has 0 saturated carbocycles. The number of rotatable bonds is 10. The van der Waals surface area contributed by atoms with Crippen molar-refractivity contribution in [2.45, 2.75) is 48.7 Å². The monoisotopic (exact) mass is 328 g/mol. The van der Waals surface area contributed by atoms with E-state index >= 15 is 0 Å². The molecular weight excluding hydrogens is 303 g/mol. The van der Waals surface area contributed by atoms with Crippen LogP contribution < -0.4 is 0 Å². The number of unbranched alkanes of at least 4 members (excludes halogenated alkanes) is 1. The van der Waals surface area contributed by atoms with Gasteiger partial charge in [0.15, 0.2) is 0 Å². The second-order valence-electron chi connectivity index (χ2n) is 4.93. The normalized spacial score (nSPS) is 12.9. The van der Waals surface area contributed by atoms with Gasteiger partial charge in [-0.2, -0.15) is 0 Å². The molecule has 0 fully saturated rings. The van der Waals surface area contributed by atoms with Gasteiger partial charge in [-0.25, -0.2) is 0 Å². The predicted octanol–water partition coefficient (Wildman–Crippen LogP) is 4.33. The van der Waals surface area contributed by atoms with Crippen LogP contribution in [0, 0.1) is 0 Å². The van der Waals surface area contributed by atoms with Crippen molar-refractivity contribution >= 4 is 19.5 Å². The standard InChI is InChI=1S/C15H25AsO3/c1-16(2,19)14-12-10-8-6-4-3-5-7-9-11-13-15(17)18/h4-7,10,12H,3,8-9,11,13-14H2,1-2H3,(H,17,18)/b6-4-,7-5-,12-10-. The summed E-state index contributed by atoms with van der Waals surface area (Å²) in [6.07, 6.45) is 15.8. The van der Waals surface area contributed by atoms with Gasteiger partial charge in [0.1, 0.15) is 0 Å². The zero-order valence-electron chi connectivity index (χ0n) is 11.9. The Morgan fingerprint density at radius 1 is 1.00 bits per heavy atom. The molecule has 0 aliphatic carbocycles. The number of allylic oxidation sites excluding steroid dienone is 6. The van der Waals surface area contributed by atoms with Crippen LogP contribution in [0.2, 0.25) is 16.6 Å². The maximum absolute atomic E-state index is 11.5.